The molecule has 25 heavy (non-hydrogen) atoms. The number of amides is 1. The van der Waals surface area contributed by atoms with Gasteiger partial charge in [-0.15, -0.1) is 0 Å². The monoisotopic (exact) mass is 351 g/mol. The molecule has 0 aliphatic carbocycles. The molecule has 2 unspecified atom stereocenters. The number of furan rings is 1. The average Bonchev–Trinajstić information content (AvgIpc) is 3.28. The Morgan fingerprint density at radius 3 is 2.92 bits per heavy atom. The highest BCUT2D eigenvalue weighted by atomic mass is 19.1. The smallest absolute Gasteiger partial charge is 0.333 e. The van der Waals surface area contributed by atoms with E-state index in [-0.39, 0.29) is 0 Å². The third kappa shape index (κ3) is 3.55. The van der Waals surface area contributed by atoms with Gasteiger partial charge in [-0.2, -0.15) is 4.39 Å². The van der Waals surface area contributed by atoms with Gasteiger partial charge >= 0.3 is 5.69 Å². The van der Waals surface area contributed by atoms with Crippen molar-refractivity contribution in [2.24, 2.45) is 0 Å². The standard InChI is InChI=1S/C16H18FN3O5/c1-10(12-4-2-6-24-12)18-13(21)9-20-15(22)11(17)8-19(16(20)23)14-5-3-7-25-14/h2,4,6,8,10,14H,3,5,7,9H2,1H3,(H,18,21). The van der Waals surface area contributed by atoms with E-state index in [1.54, 1.807) is 19.1 Å². The van der Waals surface area contributed by atoms with Crippen molar-refractivity contribution >= 4 is 5.91 Å². The van der Waals surface area contributed by atoms with E-state index in [1.807, 2.05) is 0 Å². The molecule has 0 spiro atoms. The molecule has 9 heteroatoms. The maximum Gasteiger partial charge on any atom is 0.333 e. The number of halogens is 1. The third-order valence-corrected chi connectivity index (χ3v) is 4.02. The van der Waals surface area contributed by atoms with Gasteiger partial charge in [0.25, 0.3) is 5.56 Å². The molecule has 2 atom stereocenters. The van der Waals surface area contributed by atoms with Gasteiger partial charge < -0.3 is 14.5 Å². The van der Waals surface area contributed by atoms with Gasteiger partial charge in [0.05, 0.1) is 18.5 Å². The Hall–Kier alpha value is -2.68. The number of ether oxygens (including phenoxy) is 1. The van der Waals surface area contributed by atoms with E-state index >= 15 is 0 Å². The van der Waals surface area contributed by atoms with Crippen LogP contribution in [0.1, 0.15) is 37.8 Å². The minimum absolute atomic E-state index is 0.452. The van der Waals surface area contributed by atoms with Crippen LogP contribution < -0.4 is 16.6 Å². The fraction of sp³-hybridized carbons (Fsp3) is 0.438. The first-order valence-electron chi connectivity index (χ1n) is 7.93. The van der Waals surface area contributed by atoms with Crippen molar-refractivity contribution in [3.8, 4) is 0 Å². The van der Waals surface area contributed by atoms with Crippen LogP contribution in [0.15, 0.2) is 38.6 Å². The van der Waals surface area contributed by atoms with Crippen LogP contribution in [0.2, 0.25) is 0 Å². The van der Waals surface area contributed by atoms with Crippen molar-refractivity contribution in [1.82, 2.24) is 14.5 Å². The van der Waals surface area contributed by atoms with Gasteiger partial charge in [-0.25, -0.2) is 9.36 Å². The van der Waals surface area contributed by atoms with Crippen LogP contribution in [0.25, 0.3) is 0 Å². The summed E-state index contributed by atoms with van der Waals surface area (Å²) >= 11 is 0. The van der Waals surface area contributed by atoms with Gasteiger partial charge in [-0.1, -0.05) is 0 Å². The predicted molar refractivity (Wildman–Crippen MR) is 84.4 cm³/mol. The molecule has 0 saturated carbocycles. The molecule has 1 aliphatic heterocycles. The fourth-order valence-electron chi connectivity index (χ4n) is 2.75. The van der Waals surface area contributed by atoms with Crippen LogP contribution in [0.3, 0.4) is 0 Å². The van der Waals surface area contributed by atoms with E-state index in [4.69, 9.17) is 9.15 Å². The van der Waals surface area contributed by atoms with Crippen LogP contribution in [0.5, 0.6) is 0 Å². The van der Waals surface area contributed by atoms with Gasteiger partial charge in [0.15, 0.2) is 0 Å². The summed E-state index contributed by atoms with van der Waals surface area (Å²) in [4.78, 5) is 36.6. The molecular formula is C16H18FN3O5. The molecule has 1 amide bonds. The first-order chi connectivity index (χ1) is 12.0. The second-order valence-electron chi connectivity index (χ2n) is 5.83. The van der Waals surface area contributed by atoms with Crippen LogP contribution in [-0.4, -0.2) is 21.6 Å². The molecule has 2 aromatic rings. The highest BCUT2D eigenvalue weighted by Gasteiger charge is 2.23. The Labute approximate surface area is 141 Å². The molecule has 3 heterocycles. The van der Waals surface area contributed by atoms with Crippen molar-refractivity contribution in [2.45, 2.75) is 38.6 Å². The Balaban J connectivity index is 1.82. The molecule has 0 aromatic carbocycles. The quantitative estimate of drug-likeness (QED) is 0.865. The lowest BCUT2D eigenvalue weighted by Gasteiger charge is -2.16. The molecule has 1 N–H and O–H groups in total. The lowest BCUT2D eigenvalue weighted by atomic mass is 10.2. The molecule has 1 fully saturated rings. The molecular weight excluding hydrogens is 333 g/mol. The maximum atomic E-state index is 13.9. The van der Waals surface area contributed by atoms with E-state index < -0.39 is 41.8 Å². The maximum absolute atomic E-state index is 13.9. The summed E-state index contributed by atoms with van der Waals surface area (Å²) in [5, 5.41) is 2.60. The van der Waals surface area contributed by atoms with E-state index in [9.17, 15) is 18.8 Å². The van der Waals surface area contributed by atoms with Gasteiger partial charge in [-0.05, 0) is 31.9 Å². The number of hydrogen-bond acceptors (Lipinski definition) is 5. The molecule has 0 bridgehead atoms. The summed E-state index contributed by atoms with van der Waals surface area (Å²) in [7, 11) is 0. The van der Waals surface area contributed by atoms with Crippen LogP contribution in [0.4, 0.5) is 4.39 Å². The summed E-state index contributed by atoms with van der Waals surface area (Å²) in [5.74, 6) is -1.19. The lowest BCUT2D eigenvalue weighted by molar-refractivity contribution is -0.122. The predicted octanol–water partition coefficient (Wildman–Crippen LogP) is 0.928. The van der Waals surface area contributed by atoms with Gasteiger partial charge in [-0.3, -0.25) is 14.2 Å². The summed E-state index contributed by atoms with van der Waals surface area (Å²) in [6.07, 6.45) is 2.95. The first-order valence-corrected chi connectivity index (χ1v) is 7.93. The summed E-state index contributed by atoms with van der Waals surface area (Å²) < 4.78 is 26.0. The summed E-state index contributed by atoms with van der Waals surface area (Å²) in [6, 6.07) is 2.91. The zero-order valence-corrected chi connectivity index (χ0v) is 13.6. The Kier molecular flexibility index (Phi) is 4.84. The number of hydrogen-bond donors (Lipinski definition) is 1. The molecule has 2 aromatic heterocycles. The van der Waals surface area contributed by atoms with Crippen molar-refractivity contribution in [2.75, 3.05) is 6.61 Å². The van der Waals surface area contributed by atoms with Crippen molar-refractivity contribution in [1.29, 1.82) is 0 Å². The summed E-state index contributed by atoms with van der Waals surface area (Å²) in [6.45, 7) is 1.56. The van der Waals surface area contributed by atoms with Crippen LogP contribution in [-0.2, 0) is 16.1 Å². The highest BCUT2D eigenvalue weighted by molar-refractivity contribution is 5.76. The largest absolute Gasteiger partial charge is 0.467 e. The fourth-order valence-corrected chi connectivity index (χ4v) is 2.75. The van der Waals surface area contributed by atoms with Gasteiger partial charge in [0.1, 0.15) is 18.5 Å². The van der Waals surface area contributed by atoms with E-state index in [2.05, 4.69) is 5.32 Å². The number of nitrogens with zero attached hydrogens (tertiary/aromatic N) is 2. The average molecular weight is 351 g/mol. The van der Waals surface area contributed by atoms with E-state index in [0.29, 0.717) is 23.4 Å². The van der Waals surface area contributed by atoms with Crippen molar-refractivity contribution in [3.05, 3.63) is 57.0 Å². The number of carbonyl (C=O) groups is 1. The SMILES string of the molecule is CC(NC(=O)Cn1c(=O)c(F)cn(C2CCCO2)c1=O)c1ccco1. The van der Waals surface area contributed by atoms with E-state index in [0.717, 1.165) is 17.2 Å². The number of nitrogens with one attached hydrogen (secondary N) is 1. The van der Waals surface area contributed by atoms with Crippen LogP contribution in [0, 0.1) is 5.82 Å². The Bertz CT molecular complexity index is 865. The zero-order valence-electron chi connectivity index (χ0n) is 13.6. The normalized spacial score (nSPS) is 18.2. The number of aromatic nitrogens is 2. The van der Waals surface area contributed by atoms with Crippen molar-refractivity contribution < 1.29 is 18.3 Å². The second kappa shape index (κ2) is 7.06. The van der Waals surface area contributed by atoms with Gasteiger partial charge in [0, 0.05) is 6.61 Å². The second-order valence-corrected chi connectivity index (χ2v) is 5.83. The molecule has 1 saturated heterocycles. The van der Waals surface area contributed by atoms with Crippen molar-refractivity contribution in [3.63, 3.8) is 0 Å². The Morgan fingerprint density at radius 1 is 1.48 bits per heavy atom. The molecule has 1 aliphatic rings. The number of rotatable bonds is 5. The van der Waals surface area contributed by atoms with Gasteiger partial charge in [0.2, 0.25) is 11.7 Å². The minimum atomic E-state index is -1.14. The van der Waals surface area contributed by atoms with E-state index in [1.165, 1.54) is 6.26 Å². The first kappa shape index (κ1) is 17.2. The lowest BCUT2D eigenvalue weighted by Crippen LogP contribution is -2.45. The zero-order chi connectivity index (χ0) is 18.0. The summed E-state index contributed by atoms with van der Waals surface area (Å²) in [5.41, 5.74) is -1.92. The molecule has 8 nitrogen and oxygen atoms in total. The number of carbonyl (C=O) groups excluding carboxylic acids is 1. The molecule has 3 rings (SSSR count). The minimum Gasteiger partial charge on any atom is -0.467 e. The van der Waals surface area contributed by atoms with Crippen LogP contribution >= 0.6 is 0 Å². The third-order valence-electron chi connectivity index (χ3n) is 4.02. The molecule has 134 valence electrons. The highest BCUT2D eigenvalue weighted by Crippen LogP contribution is 2.20. The topological polar surface area (TPSA) is 95.5 Å². The Morgan fingerprint density at radius 2 is 2.28 bits per heavy atom. The molecule has 0 radical (unpaired) electrons.